The number of nitrogens with two attached hydrogens (primary N) is 1. The van der Waals surface area contributed by atoms with Crippen molar-refractivity contribution >= 4 is 35.7 Å². The first-order valence-electron chi connectivity index (χ1n) is 13.2. The summed E-state index contributed by atoms with van der Waals surface area (Å²) in [5.74, 6) is -5.70. The highest BCUT2D eigenvalue weighted by Gasteiger charge is 2.46. The number of hydrogen-bond acceptors (Lipinski definition) is 9. The third-order valence-corrected chi connectivity index (χ3v) is 6.46. The van der Waals surface area contributed by atoms with Crippen molar-refractivity contribution in [3.05, 3.63) is 59.3 Å². The molecular formula is C27H29F6N5O8. The van der Waals surface area contributed by atoms with E-state index in [1.807, 2.05) is 18.2 Å². The second-order valence-electron chi connectivity index (χ2n) is 9.86. The van der Waals surface area contributed by atoms with Crippen LogP contribution in [-0.4, -0.2) is 87.5 Å². The van der Waals surface area contributed by atoms with Gasteiger partial charge in [-0.1, -0.05) is 36.4 Å². The van der Waals surface area contributed by atoms with Crippen LogP contribution < -0.4 is 16.4 Å². The number of imide groups is 1. The Labute approximate surface area is 256 Å². The number of aromatic nitrogens is 1. The number of carbonyl (C=O) groups is 5. The van der Waals surface area contributed by atoms with Crippen LogP contribution in [-0.2, 0) is 36.9 Å². The Morgan fingerprint density at radius 2 is 1.59 bits per heavy atom. The average molecular weight is 666 g/mol. The Balaban J connectivity index is 0.000000440. The van der Waals surface area contributed by atoms with Crippen molar-refractivity contribution in [1.82, 2.24) is 20.5 Å². The molecule has 0 bridgehead atoms. The zero-order valence-electron chi connectivity index (χ0n) is 23.9. The van der Waals surface area contributed by atoms with Crippen LogP contribution >= 0.6 is 0 Å². The summed E-state index contributed by atoms with van der Waals surface area (Å²) >= 11 is 0. The first-order valence-corrected chi connectivity index (χ1v) is 13.2. The Kier molecular flexibility index (Phi) is 12.8. The fraction of sp³-hybridized carbons (Fsp3) is 0.407. The number of nitrogens with zero attached hydrogens (tertiary/aromatic N) is 2. The van der Waals surface area contributed by atoms with Gasteiger partial charge in [-0.05, 0) is 49.4 Å². The normalized spacial score (nSPS) is 19.2. The summed E-state index contributed by atoms with van der Waals surface area (Å²) in [5.41, 5.74) is 8.37. The molecule has 13 nitrogen and oxygen atoms in total. The number of aryl methyl sites for hydroxylation is 1. The molecule has 1 aromatic heterocycles. The molecular weight excluding hydrogens is 636 g/mol. The smallest absolute Gasteiger partial charge is 0.475 e. The van der Waals surface area contributed by atoms with Crippen LogP contribution in [0, 0.1) is 12.8 Å². The van der Waals surface area contributed by atoms with E-state index < -0.39 is 54.3 Å². The number of ether oxygens (including phenoxy) is 1. The summed E-state index contributed by atoms with van der Waals surface area (Å²) in [5, 5.41) is 20.2. The van der Waals surface area contributed by atoms with Gasteiger partial charge in [-0.3, -0.25) is 9.59 Å². The molecule has 3 heterocycles. The number of alkyl halides is 6. The van der Waals surface area contributed by atoms with E-state index in [0.29, 0.717) is 24.5 Å². The number of carboxylic acid groups (broad SMARTS) is 2. The van der Waals surface area contributed by atoms with Crippen LogP contribution in [0.4, 0.5) is 37.0 Å². The number of carboxylic acids is 2. The molecule has 0 unspecified atom stereocenters. The van der Waals surface area contributed by atoms with Crippen LogP contribution in [0.25, 0.3) is 0 Å². The number of halogens is 6. The molecule has 2 aromatic rings. The zero-order valence-corrected chi connectivity index (χ0v) is 23.9. The summed E-state index contributed by atoms with van der Waals surface area (Å²) in [6.45, 7) is 2.53. The van der Waals surface area contributed by atoms with E-state index >= 15 is 0 Å². The predicted molar refractivity (Wildman–Crippen MR) is 145 cm³/mol. The maximum atomic E-state index is 13.1. The molecule has 252 valence electrons. The lowest BCUT2D eigenvalue weighted by Crippen LogP contribution is -2.53. The molecule has 6 N–H and O–H groups in total. The number of aliphatic carboxylic acids is 2. The fourth-order valence-corrected chi connectivity index (χ4v) is 4.22. The SMILES string of the molecule is Cc1nc(N)ccc1CNC(=O)[C@@H]1COC(=O)N1C(=O)[C@H]1C[C@H](Cc2ccccc2)CN1.O=C(O)C(F)(F)F.O=C(O)C(F)(F)F. The molecule has 2 fully saturated rings. The maximum Gasteiger partial charge on any atom is 0.490 e. The van der Waals surface area contributed by atoms with Gasteiger partial charge >= 0.3 is 30.4 Å². The maximum absolute atomic E-state index is 13.1. The number of nitrogen functional groups attached to an aromatic ring is 1. The van der Waals surface area contributed by atoms with E-state index in [1.165, 1.54) is 5.56 Å². The monoisotopic (exact) mass is 665 g/mol. The van der Waals surface area contributed by atoms with Crippen molar-refractivity contribution in [1.29, 1.82) is 0 Å². The molecule has 0 radical (unpaired) electrons. The minimum atomic E-state index is -5.08. The van der Waals surface area contributed by atoms with Crippen molar-refractivity contribution in [3.8, 4) is 0 Å². The fourth-order valence-electron chi connectivity index (χ4n) is 4.22. The zero-order chi connectivity index (χ0) is 34.8. The number of amides is 3. The average Bonchev–Trinajstić information content (AvgIpc) is 3.59. The van der Waals surface area contributed by atoms with Crippen molar-refractivity contribution in [3.63, 3.8) is 0 Å². The number of anilines is 1. The first kappa shape index (κ1) is 37.2. The van der Waals surface area contributed by atoms with Crippen LogP contribution in [0.3, 0.4) is 0 Å². The van der Waals surface area contributed by atoms with E-state index in [4.69, 9.17) is 30.3 Å². The molecule has 2 aliphatic heterocycles. The van der Waals surface area contributed by atoms with Gasteiger partial charge in [0.2, 0.25) is 11.8 Å². The highest BCUT2D eigenvalue weighted by Crippen LogP contribution is 2.23. The first-order chi connectivity index (χ1) is 21.3. The van der Waals surface area contributed by atoms with E-state index in [1.54, 1.807) is 19.1 Å². The Morgan fingerprint density at radius 3 is 2.11 bits per heavy atom. The van der Waals surface area contributed by atoms with Crippen LogP contribution in [0.2, 0.25) is 0 Å². The molecule has 1 aromatic carbocycles. The van der Waals surface area contributed by atoms with Crippen molar-refractivity contribution in [2.45, 2.75) is 50.7 Å². The van der Waals surface area contributed by atoms with Gasteiger partial charge < -0.3 is 31.3 Å². The highest BCUT2D eigenvalue weighted by atomic mass is 19.4. The lowest BCUT2D eigenvalue weighted by Gasteiger charge is -2.22. The second kappa shape index (κ2) is 15.9. The van der Waals surface area contributed by atoms with E-state index in [2.05, 4.69) is 27.8 Å². The number of cyclic esters (lactones) is 1. The Morgan fingerprint density at radius 1 is 1.02 bits per heavy atom. The van der Waals surface area contributed by atoms with Gasteiger partial charge in [-0.15, -0.1) is 0 Å². The number of pyridine rings is 1. The van der Waals surface area contributed by atoms with E-state index in [0.717, 1.165) is 16.9 Å². The van der Waals surface area contributed by atoms with Crippen molar-refractivity contribution in [2.24, 2.45) is 5.92 Å². The van der Waals surface area contributed by atoms with Gasteiger partial charge in [0.15, 0.2) is 6.04 Å². The standard InChI is InChI=1S/C23H27N5O4.2C2HF3O2/c1-14-17(7-8-20(24)27-14)12-26-21(29)19-13-32-23(31)28(19)22(30)18-10-16(11-25-18)9-15-5-3-2-4-6-15;2*3-2(4,5)1(6)7/h2-8,16,18-19,25H,9-13H2,1H3,(H2,24,27)(H,26,29);2*(H,6,7)/t16-,18+,19-;;/m0../s1. The van der Waals surface area contributed by atoms with Gasteiger partial charge in [0, 0.05) is 12.2 Å². The molecule has 46 heavy (non-hydrogen) atoms. The van der Waals surface area contributed by atoms with Gasteiger partial charge in [0.25, 0.3) is 0 Å². The quantitative estimate of drug-likeness (QED) is 0.284. The van der Waals surface area contributed by atoms with Gasteiger partial charge in [-0.2, -0.15) is 26.3 Å². The molecule has 3 amide bonds. The molecule has 19 heteroatoms. The third kappa shape index (κ3) is 11.2. The number of benzene rings is 1. The Bertz CT molecular complexity index is 1380. The number of carbonyl (C=O) groups excluding carboxylic acids is 3. The van der Waals surface area contributed by atoms with Crippen molar-refractivity contribution < 1.29 is 65.3 Å². The summed E-state index contributed by atoms with van der Waals surface area (Å²) in [6, 6.07) is 12.0. The summed E-state index contributed by atoms with van der Waals surface area (Å²) in [6.07, 6.45) is -9.50. The van der Waals surface area contributed by atoms with Crippen LogP contribution in [0.15, 0.2) is 42.5 Å². The molecule has 0 spiro atoms. The van der Waals surface area contributed by atoms with Crippen molar-refractivity contribution in [2.75, 3.05) is 18.9 Å². The van der Waals surface area contributed by atoms with Gasteiger partial charge in [-0.25, -0.2) is 24.3 Å². The molecule has 2 aliphatic rings. The van der Waals surface area contributed by atoms with Gasteiger partial charge in [0.05, 0.1) is 6.04 Å². The molecule has 4 rings (SSSR count). The third-order valence-electron chi connectivity index (χ3n) is 6.46. The highest BCUT2D eigenvalue weighted by molar-refractivity contribution is 6.01. The number of rotatable bonds is 6. The summed E-state index contributed by atoms with van der Waals surface area (Å²) in [7, 11) is 0. The number of nitrogens with one attached hydrogen (secondary N) is 2. The van der Waals surface area contributed by atoms with Crippen LogP contribution in [0.1, 0.15) is 23.2 Å². The summed E-state index contributed by atoms with van der Waals surface area (Å²) in [4.78, 5) is 61.1. The molecule has 2 saturated heterocycles. The number of hydrogen-bond donors (Lipinski definition) is 5. The van der Waals surface area contributed by atoms with E-state index in [9.17, 15) is 40.7 Å². The lowest BCUT2D eigenvalue weighted by atomic mass is 9.96. The minimum absolute atomic E-state index is 0.157. The largest absolute Gasteiger partial charge is 0.490 e. The van der Waals surface area contributed by atoms with Crippen LogP contribution in [0.5, 0.6) is 0 Å². The minimum Gasteiger partial charge on any atom is -0.475 e. The molecule has 0 saturated carbocycles. The topological polar surface area (TPSA) is 201 Å². The Hall–Kier alpha value is -4.94. The molecule has 0 aliphatic carbocycles. The lowest BCUT2D eigenvalue weighted by molar-refractivity contribution is -0.193. The predicted octanol–water partition coefficient (Wildman–Crippen LogP) is 2.42. The van der Waals surface area contributed by atoms with E-state index in [-0.39, 0.29) is 19.1 Å². The molecule has 3 atom stereocenters. The second-order valence-corrected chi connectivity index (χ2v) is 9.86. The van der Waals surface area contributed by atoms with Gasteiger partial charge in [0.1, 0.15) is 12.4 Å². The summed E-state index contributed by atoms with van der Waals surface area (Å²) < 4.78 is 68.5.